The van der Waals surface area contributed by atoms with Crippen LogP contribution in [0.5, 0.6) is 5.75 Å². The van der Waals surface area contributed by atoms with Gasteiger partial charge in [-0.2, -0.15) is 5.26 Å². The Morgan fingerprint density at radius 2 is 1.75 bits per heavy atom. The molecule has 0 aromatic heterocycles. The molecular formula is C21H18F3N3O4S. The van der Waals surface area contributed by atoms with Crippen LogP contribution in [-0.2, 0) is 10.0 Å². The van der Waals surface area contributed by atoms with Crippen LogP contribution >= 0.6 is 0 Å². The second-order valence-corrected chi connectivity index (χ2v) is 10.0. The van der Waals surface area contributed by atoms with Gasteiger partial charge in [-0.1, -0.05) is 6.07 Å². The number of nitrogens with zero attached hydrogens (tertiary/aromatic N) is 1. The van der Waals surface area contributed by atoms with Gasteiger partial charge in [-0.15, -0.1) is 13.2 Å². The number of rotatable bonds is 6. The monoisotopic (exact) mass is 465 g/mol. The van der Waals surface area contributed by atoms with Crippen molar-refractivity contribution in [3.63, 3.8) is 0 Å². The normalized spacial score (nSPS) is 23.8. The maximum atomic E-state index is 12.9. The van der Waals surface area contributed by atoms with E-state index in [0.717, 1.165) is 24.3 Å². The third-order valence-corrected chi connectivity index (χ3v) is 7.06. The minimum Gasteiger partial charge on any atom is -0.406 e. The van der Waals surface area contributed by atoms with Gasteiger partial charge in [0.2, 0.25) is 0 Å². The molecule has 168 valence electrons. The fraction of sp³-hybridized carbons (Fsp3) is 0.333. The SMILES string of the molecule is Cc1ccc(C(=O)NC23CC(C#N)(C2)C3)c(NS(=O)(=O)c2ccc(OC(F)(F)F)cc2)c1. The first-order valence-corrected chi connectivity index (χ1v) is 11.1. The summed E-state index contributed by atoms with van der Waals surface area (Å²) in [5.74, 6) is -1.02. The summed E-state index contributed by atoms with van der Waals surface area (Å²) in [6.45, 7) is 1.72. The number of alkyl halides is 3. The Bertz CT molecular complexity index is 1210. The Balaban J connectivity index is 1.53. The Morgan fingerprint density at radius 1 is 1.12 bits per heavy atom. The molecule has 32 heavy (non-hydrogen) atoms. The van der Waals surface area contributed by atoms with Crippen LogP contribution in [0.1, 0.15) is 35.2 Å². The Hall–Kier alpha value is -3.26. The maximum Gasteiger partial charge on any atom is 0.573 e. The highest BCUT2D eigenvalue weighted by Gasteiger charge is 2.69. The van der Waals surface area contributed by atoms with Crippen molar-refractivity contribution in [3.8, 4) is 11.8 Å². The van der Waals surface area contributed by atoms with Crippen LogP contribution in [0.3, 0.4) is 0 Å². The number of nitriles is 1. The lowest BCUT2D eigenvalue weighted by atomic mass is 9.40. The molecule has 11 heteroatoms. The molecule has 3 aliphatic rings. The number of hydrogen-bond donors (Lipinski definition) is 2. The lowest BCUT2D eigenvalue weighted by molar-refractivity contribution is -0.274. The fourth-order valence-corrected chi connectivity index (χ4v) is 5.38. The topological polar surface area (TPSA) is 108 Å². The van der Waals surface area contributed by atoms with Crippen molar-refractivity contribution in [2.75, 3.05) is 4.72 Å². The van der Waals surface area contributed by atoms with E-state index in [1.165, 1.54) is 12.1 Å². The summed E-state index contributed by atoms with van der Waals surface area (Å²) in [6, 6.07) is 10.6. The molecule has 2 N–H and O–H groups in total. The molecule has 7 nitrogen and oxygen atoms in total. The molecule has 0 atom stereocenters. The molecule has 2 bridgehead atoms. The van der Waals surface area contributed by atoms with E-state index in [1.807, 2.05) is 0 Å². The summed E-state index contributed by atoms with van der Waals surface area (Å²) in [6.07, 6.45) is -3.18. The average molecular weight is 465 g/mol. The summed E-state index contributed by atoms with van der Waals surface area (Å²) in [4.78, 5) is 12.6. The number of amides is 1. The number of aryl methyl sites for hydroxylation is 1. The standard InChI is InChI=1S/C21H18F3N3O4S/c1-13-2-7-16(18(28)26-20-9-19(10-20,11-20)12-25)17(8-13)27-32(29,30)15-5-3-14(4-6-15)31-21(22,23)24/h2-8,27H,9-11H2,1H3,(H,26,28). The average Bonchev–Trinajstić information content (AvgIpc) is 2.62. The summed E-state index contributed by atoms with van der Waals surface area (Å²) in [5, 5.41) is 12.0. The largest absolute Gasteiger partial charge is 0.573 e. The van der Waals surface area contributed by atoms with Gasteiger partial charge in [0.15, 0.2) is 0 Å². The molecule has 3 aliphatic carbocycles. The van der Waals surface area contributed by atoms with Crippen LogP contribution in [-0.4, -0.2) is 26.2 Å². The van der Waals surface area contributed by atoms with Crippen molar-refractivity contribution in [3.05, 3.63) is 53.6 Å². The smallest absolute Gasteiger partial charge is 0.406 e. The van der Waals surface area contributed by atoms with Crippen LogP contribution in [0.15, 0.2) is 47.4 Å². The van der Waals surface area contributed by atoms with Crippen molar-refractivity contribution in [1.29, 1.82) is 5.26 Å². The molecule has 0 spiro atoms. The first-order chi connectivity index (χ1) is 14.8. The molecule has 0 heterocycles. The fourth-order valence-electron chi connectivity index (χ4n) is 4.31. The second kappa shape index (κ2) is 7.13. The van der Waals surface area contributed by atoms with Gasteiger partial charge >= 0.3 is 6.36 Å². The van der Waals surface area contributed by atoms with Gasteiger partial charge in [0.1, 0.15) is 5.75 Å². The highest BCUT2D eigenvalue weighted by atomic mass is 32.2. The number of hydrogen-bond acceptors (Lipinski definition) is 5. The van der Waals surface area contributed by atoms with E-state index >= 15 is 0 Å². The van der Waals surface area contributed by atoms with Crippen LogP contribution in [0.4, 0.5) is 18.9 Å². The molecule has 0 saturated heterocycles. The van der Waals surface area contributed by atoms with E-state index < -0.39 is 33.6 Å². The molecule has 0 aliphatic heterocycles. The third kappa shape index (κ3) is 4.10. The van der Waals surface area contributed by atoms with E-state index in [2.05, 4.69) is 20.8 Å². The second-order valence-electron chi connectivity index (χ2n) is 8.33. The van der Waals surface area contributed by atoms with Gasteiger partial charge in [-0.3, -0.25) is 9.52 Å². The summed E-state index contributed by atoms with van der Waals surface area (Å²) in [5.41, 5.74) is 0.0588. The highest BCUT2D eigenvalue weighted by Crippen LogP contribution is 2.66. The van der Waals surface area contributed by atoms with E-state index in [1.54, 1.807) is 13.0 Å². The highest BCUT2D eigenvalue weighted by molar-refractivity contribution is 7.92. The summed E-state index contributed by atoms with van der Waals surface area (Å²) < 4.78 is 68.6. The van der Waals surface area contributed by atoms with Crippen molar-refractivity contribution in [2.24, 2.45) is 5.41 Å². The van der Waals surface area contributed by atoms with Crippen LogP contribution in [0.2, 0.25) is 0 Å². The van der Waals surface area contributed by atoms with Crippen LogP contribution < -0.4 is 14.8 Å². The summed E-state index contributed by atoms with van der Waals surface area (Å²) in [7, 11) is -4.20. The van der Waals surface area contributed by atoms with Gasteiger partial charge < -0.3 is 10.1 Å². The molecule has 2 aromatic carbocycles. The quantitative estimate of drug-likeness (QED) is 0.673. The van der Waals surface area contributed by atoms with E-state index in [0.29, 0.717) is 24.8 Å². The number of nitrogens with one attached hydrogen (secondary N) is 2. The number of carbonyl (C=O) groups is 1. The first-order valence-electron chi connectivity index (χ1n) is 9.58. The van der Waals surface area contributed by atoms with Crippen molar-refractivity contribution < 1.29 is 31.1 Å². The van der Waals surface area contributed by atoms with Crippen LogP contribution in [0, 0.1) is 23.7 Å². The molecular weight excluding hydrogens is 447 g/mol. The molecule has 5 rings (SSSR count). The molecule has 0 unspecified atom stereocenters. The minimum absolute atomic E-state index is 0.0414. The number of ether oxygens (including phenoxy) is 1. The number of anilines is 1. The third-order valence-electron chi connectivity index (χ3n) is 5.68. The van der Waals surface area contributed by atoms with Gasteiger partial charge in [0.25, 0.3) is 15.9 Å². The summed E-state index contributed by atoms with van der Waals surface area (Å²) >= 11 is 0. The van der Waals surface area contributed by atoms with Crippen molar-refractivity contribution in [2.45, 2.75) is 43.0 Å². The predicted molar refractivity (Wildman–Crippen MR) is 107 cm³/mol. The molecule has 2 aromatic rings. The van der Waals surface area contributed by atoms with Crippen molar-refractivity contribution >= 4 is 21.6 Å². The predicted octanol–water partition coefficient (Wildman–Crippen LogP) is 3.87. The Labute approximate surface area is 182 Å². The lowest BCUT2D eigenvalue weighted by Gasteiger charge is -2.66. The molecule has 3 fully saturated rings. The number of sulfonamides is 1. The minimum atomic E-state index is -4.89. The number of carbonyl (C=O) groups excluding carboxylic acids is 1. The van der Waals surface area contributed by atoms with Gasteiger partial charge in [0, 0.05) is 5.54 Å². The van der Waals surface area contributed by atoms with E-state index in [9.17, 15) is 26.4 Å². The van der Waals surface area contributed by atoms with Gasteiger partial charge in [-0.25, -0.2) is 8.42 Å². The molecule has 3 saturated carbocycles. The van der Waals surface area contributed by atoms with Crippen LogP contribution in [0.25, 0.3) is 0 Å². The number of benzene rings is 2. The first kappa shape index (κ1) is 22.0. The zero-order valence-electron chi connectivity index (χ0n) is 16.8. The van der Waals surface area contributed by atoms with Gasteiger partial charge in [-0.05, 0) is 68.1 Å². The lowest BCUT2D eigenvalue weighted by Crippen LogP contribution is -2.74. The van der Waals surface area contributed by atoms with E-state index in [-0.39, 0.29) is 21.6 Å². The Morgan fingerprint density at radius 3 is 2.31 bits per heavy atom. The number of halogens is 3. The molecule has 1 amide bonds. The maximum absolute atomic E-state index is 12.9. The zero-order chi connectivity index (χ0) is 23.4. The molecule has 0 radical (unpaired) electrons. The van der Waals surface area contributed by atoms with Gasteiger partial charge in [0.05, 0.1) is 27.6 Å². The Kier molecular flexibility index (Phi) is 4.89. The van der Waals surface area contributed by atoms with E-state index in [4.69, 9.17) is 5.26 Å². The van der Waals surface area contributed by atoms with Crippen molar-refractivity contribution in [1.82, 2.24) is 5.32 Å². The zero-order valence-corrected chi connectivity index (χ0v) is 17.6.